The van der Waals surface area contributed by atoms with E-state index in [0.29, 0.717) is 25.2 Å². The molecule has 8 nitrogen and oxygen atoms in total. The number of hydrogen-bond acceptors (Lipinski definition) is 6. The van der Waals surface area contributed by atoms with E-state index in [-0.39, 0.29) is 28.7 Å². The largest absolute Gasteiger partial charge is 0.452 e. The fraction of sp³-hybridized carbons (Fsp3) is 0.444. The van der Waals surface area contributed by atoms with Crippen molar-refractivity contribution in [3.05, 3.63) is 34.9 Å². The van der Waals surface area contributed by atoms with Crippen LogP contribution in [0.2, 0.25) is 5.02 Å². The molecule has 1 aliphatic rings. The number of benzene rings is 1. The number of nitrogens with one attached hydrogen (secondary N) is 1. The van der Waals surface area contributed by atoms with Crippen LogP contribution in [0.1, 0.15) is 20.3 Å². The SMILES string of the molecule is CC/C=C(/C)C(=O)OCC(=O)Nc1cc(S(=O)(=O)N2CCOCC2)ccc1Cl. The van der Waals surface area contributed by atoms with Crippen LogP contribution in [0.25, 0.3) is 0 Å². The van der Waals surface area contributed by atoms with E-state index in [1.165, 1.54) is 22.5 Å². The van der Waals surface area contributed by atoms with E-state index < -0.39 is 28.5 Å². The molecule has 0 saturated carbocycles. The Morgan fingerprint density at radius 3 is 2.64 bits per heavy atom. The first-order valence-corrected chi connectivity index (χ1v) is 10.6. The van der Waals surface area contributed by atoms with Crippen LogP contribution >= 0.6 is 11.6 Å². The van der Waals surface area contributed by atoms with Crippen molar-refractivity contribution in [1.82, 2.24) is 4.31 Å². The van der Waals surface area contributed by atoms with Gasteiger partial charge < -0.3 is 14.8 Å². The fourth-order valence-corrected chi connectivity index (χ4v) is 4.12. The Kier molecular flexibility index (Phi) is 7.99. The van der Waals surface area contributed by atoms with Gasteiger partial charge in [0.05, 0.1) is 28.8 Å². The lowest BCUT2D eigenvalue weighted by Crippen LogP contribution is -2.40. The molecule has 0 unspecified atom stereocenters. The zero-order chi connectivity index (χ0) is 20.7. The number of anilines is 1. The lowest BCUT2D eigenvalue weighted by molar-refractivity contribution is -0.143. The molecular formula is C18H23ClN2O6S. The maximum atomic E-state index is 12.7. The predicted octanol–water partition coefficient (Wildman–Crippen LogP) is 2.20. The Labute approximate surface area is 169 Å². The summed E-state index contributed by atoms with van der Waals surface area (Å²) in [6.07, 6.45) is 2.37. The number of carbonyl (C=O) groups excluding carboxylic acids is 2. The number of rotatable bonds is 7. The minimum atomic E-state index is -3.73. The number of nitrogens with zero attached hydrogens (tertiary/aromatic N) is 1. The van der Waals surface area contributed by atoms with Gasteiger partial charge in [0, 0.05) is 18.7 Å². The van der Waals surface area contributed by atoms with Crippen molar-refractivity contribution in [2.24, 2.45) is 0 Å². The normalized spacial score (nSPS) is 15.9. The number of morpholine rings is 1. The molecule has 28 heavy (non-hydrogen) atoms. The lowest BCUT2D eigenvalue weighted by atomic mass is 10.2. The van der Waals surface area contributed by atoms with Crippen molar-refractivity contribution in [3.63, 3.8) is 0 Å². The predicted molar refractivity (Wildman–Crippen MR) is 105 cm³/mol. The van der Waals surface area contributed by atoms with Gasteiger partial charge in [-0.2, -0.15) is 4.31 Å². The number of hydrogen-bond donors (Lipinski definition) is 1. The number of allylic oxidation sites excluding steroid dienone is 1. The number of halogens is 1. The summed E-state index contributed by atoms with van der Waals surface area (Å²) in [7, 11) is -3.73. The maximum Gasteiger partial charge on any atom is 0.333 e. The zero-order valence-electron chi connectivity index (χ0n) is 15.7. The van der Waals surface area contributed by atoms with Crippen LogP contribution in [0, 0.1) is 0 Å². The molecule has 0 aliphatic carbocycles. The van der Waals surface area contributed by atoms with Crippen LogP contribution in [-0.4, -0.2) is 57.5 Å². The highest BCUT2D eigenvalue weighted by atomic mass is 35.5. The van der Waals surface area contributed by atoms with Crippen LogP contribution in [-0.2, 0) is 29.1 Å². The van der Waals surface area contributed by atoms with Gasteiger partial charge in [-0.25, -0.2) is 13.2 Å². The lowest BCUT2D eigenvalue weighted by Gasteiger charge is -2.26. The molecule has 10 heteroatoms. The molecule has 0 spiro atoms. The molecule has 1 aromatic carbocycles. The highest BCUT2D eigenvalue weighted by Gasteiger charge is 2.27. The van der Waals surface area contributed by atoms with E-state index in [0.717, 1.165) is 0 Å². The summed E-state index contributed by atoms with van der Waals surface area (Å²) < 4.78 is 36.9. The molecule has 2 rings (SSSR count). The van der Waals surface area contributed by atoms with E-state index in [1.54, 1.807) is 13.0 Å². The fourth-order valence-electron chi connectivity index (χ4n) is 2.52. The number of sulfonamides is 1. The Bertz CT molecular complexity index is 863. The molecule has 0 aromatic heterocycles. The second kappa shape index (κ2) is 10.0. The average Bonchev–Trinajstić information content (AvgIpc) is 2.68. The Morgan fingerprint density at radius 1 is 1.32 bits per heavy atom. The Hall–Kier alpha value is -1.94. The van der Waals surface area contributed by atoms with Gasteiger partial charge in [0.2, 0.25) is 10.0 Å². The molecule has 0 atom stereocenters. The van der Waals surface area contributed by atoms with Crippen molar-refractivity contribution in [2.45, 2.75) is 25.2 Å². The van der Waals surface area contributed by atoms with E-state index in [9.17, 15) is 18.0 Å². The molecule has 0 radical (unpaired) electrons. The summed E-state index contributed by atoms with van der Waals surface area (Å²) in [4.78, 5) is 23.8. The van der Waals surface area contributed by atoms with E-state index in [2.05, 4.69) is 5.32 Å². The minimum absolute atomic E-state index is 0.00724. The molecule has 0 bridgehead atoms. The molecule has 1 fully saturated rings. The standard InChI is InChI=1S/C18H23ClN2O6S/c1-3-4-13(2)18(23)27-12-17(22)20-16-11-14(5-6-15(16)19)28(24,25)21-7-9-26-10-8-21/h4-6,11H,3,7-10,12H2,1-2H3,(H,20,22)/b13-4-. The number of amides is 1. The third kappa shape index (κ3) is 5.78. The molecule has 1 saturated heterocycles. The summed E-state index contributed by atoms with van der Waals surface area (Å²) in [5, 5.41) is 2.65. The van der Waals surface area contributed by atoms with Crippen molar-refractivity contribution < 1.29 is 27.5 Å². The molecule has 1 aromatic rings. The molecule has 1 N–H and O–H groups in total. The summed E-state index contributed by atoms with van der Waals surface area (Å²) in [6.45, 7) is 4.14. The van der Waals surface area contributed by atoms with Crippen molar-refractivity contribution in [3.8, 4) is 0 Å². The highest BCUT2D eigenvalue weighted by molar-refractivity contribution is 7.89. The van der Waals surface area contributed by atoms with Gasteiger partial charge in [-0.05, 0) is 31.5 Å². The van der Waals surface area contributed by atoms with Crippen LogP contribution in [0.4, 0.5) is 5.69 Å². The van der Waals surface area contributed by atoms with Gasteiger partial charge >= 0.3 is 5.97 Å². The zero-order valence-corrected chi connectivity index (χ0v) is 17.3. The minimum Gasteiger partial charge on any atom is -0.452 e. The second-order valence-electron chi connectivity index (χ2n) is 6.08. The first-order chi connectivity index (χ1) is 13.3. The van der Waals surface area contributed by atoms with Crippen LogP contribution in [0.15, 0.2) is 34.7 Å². The summed E-state index contributed by atoms with van der Waals surface area (Å²) in [6, 6.07) is 4.06. The third-order valence-electron chi connectivity index (χ3n) is 3.99. The molecular weight excluding hydrogens is 408 g/mol. The van der Waals surface area contributed by atoms with E-state index in [4.69, 9.17) is 21.1 Å². The topological polar surface area (TPSA) is 102 Å². The monoisotopic (exact) mass is 430 g/mol. The van der Waals surface area contributed by atoms with E-state index >= 15 is 0 Å². The quantitative estimate of drug-likeness (QED) is 0.525. The first-order valence-electron chi connectivity index (χ1n) is 8.77. The van der Waals surface area contributed by atoms with Gasteiger partial charge in [-0.1, -0.05) is 24.6 Å². The highest BCUT2D eigenvalue weighted by Crippen LogP contribution is 2.27. The van der Waals surface area contributed by atoms with Crippen molar-refractivity contribution in [1.29, 1.82) is 0 Å². The first kappa shape index (κ1) is 22.4. The number of carbonyl (C=O) groups is 2. The molecule has 1 heterocycles. The molecule has 154 valence electrons. The van der Waals surface area contributed by atoms with Gasteiger partial charge in [-0.3, -0.25) is 4.79 Å². The number of esters is 1. The molecule has 1 aliphatic heterocycles. The van der Waals surface area contributed by atoms with Gasteiger partial charge in [-0.15, -0.1) is 0 Å². The van der Waals surface area contributed by atoms with E-state index in [1.807, 2.05) is 6.92 Å². The molecule has 1 amide bonds. The van der Waals surface area contributed by atoms with Gasteiger partial charge in [0.1, 0.15) is 0 Å². The van der Waals surface area contributed by atoms with Crippen molar-refractivity contribution in [2.75, 3.05) is 38.2 Å². The van der Waals surface area contributed by atoms with Gasteiger partial charge in [0.25, 0.3) is 5.91 Å². The number of ether oxygens (including phenoxy) is 2. The summed E-state index contributed by atoms with van der Waals surface area (Å²) in [5.41, 5.74) is 0.532. The summed E-state index contributed by atoms with van der Waals surface area (Å²) in [5.74, 6) is -1.22. The van der Waals surface area contributed by atoms with Crippen LogP contribution in [0.5, 0.6) is 0 Å². The van der Waals surface area contributed by atoms with Crippen LogP contribution < -0.4 is 5.32 Å². The third-order valence-corrected chi connectivity index (χ3v) is 6.21. The van der Waals surface area contributed by atoms with Crippen molar-refractivity contribution >= 4 is 39.2 Å². The maximum absolute atomic E-state index is 12.7. The average molecular weight is 431 g/mol. The second-order valence-corrected chi connectivity index (χ2v) is 8.42. The van der Waals surface area contributed by atoms with Gasteiger partial charge in [0.15, 0.2) is 6.61 Å². The Morgan fingerprint density at radius 2 is 2.00 bits per heavy atom. The Balaban J connectivity index is 2.07. The summed E-state index contributed by atoms with van der Waals surface area (Å²) >= 11 is 6.07. The van der Waals surface area contributed by atoms with Crippen LogP contribution in [0.3, 0.4) is 0 Å². The smallest absolute Gasteiger partial charge is 0.333 e.